The van der Waals surface area contributed by atoms with Crippen molar-refractivity contribution in [2.24, 2.45) is 11.3 Å². The highest BCUT2D eigenvalue weighted by Crippen LogP contribution is 2.40. The fourth-order valence-corrected chi connectivity index (χ4v) is 1.90. The molecule has 1 N–H and O–H groups in total. The van der Waals surface area contributed by atoms with Crippen molar-refractivity contribution in [3.63, 3.8) is 0 Å². The third-order valence-corrected chi connectivity index (χ3v) is 3.42. The number of hydrogen-bond acceptors (Lipinski definition) is 1. The molecule has 0 amide bonds. The summed E-state index contributed by atoms with van der Waals surface area (Å²) in [6, 6.07) is 0. The monoisotopic (exact) mass is 156 g/mol. The third-order valence-electron chi connectivity index (χ3n) is 3.42. The van der Waals surface area contributed by atoms with Gasteiger partial charge in [0.25, 0.3) is 0 Å². The van der Waals surface area contributed by atoms with Gasteiger partial charge in [-0.25, -0.2) is 0 Å². The van der Waals surface area contributed by atoms with Crippen molar-refractivity contribution in [2.75, 3.05) is 0 Å². The molecular weight excluding hydrogens is 136 g/mol. The van der Waals surface area contributed by atoms with Gasteiger partial charge in [-0.15, -0.1) is 0 Å². The Morgan fingerprint density at radius 1 is 1.55 bits per heavy atom. The van der Waals surface area contributed by atoms with E-state index in [0.29, 0.717) is 11.3 Å². The Morgan fingerprint density at radius 3 is 2.64 bits per heavy atom. The van der Waals surface area contributed by atoms with Crippen LogP contribution in [0, 0.1) is 11.3 Å². The quantitative estimate of drug-likeness (QED) is 0.618. The topological polar surface area (TPSA) is 20.2 Å². The molecule has 0 spiro atoms. The molecule has 1 saturated carbocycles. The van der Waals surface area contributed by atoms with Crippen LogP contribution in [0.25, 0.3) is 0 Å². The molecule has 1 aliphatic rings. The fraction of sp³-hybridized carbons (Fsp3) is 1.00. The van der Waals surface area contributed by atoms with Crippen molar-refractivity contribution in [3.05, 3.63) is 0 Å². The smallest absolute Gasteiger partial charge is 0.0571 e. The van der Waals surface area contributed by atoms with Crippen LogP contribution in [0.5, 0.6) is 0 Å². The predicted octanol–water partition coefficient (Wildman–Crippen LogP) is 2.58. The van der Waals surface area contributed by atoms with Gasteiger partial charge in [0, 0.05) is 0 Å². The highest BCUT2D eigenvalue weighted by molar-refractivity contribution is 4.84. The second-order valence-corrected chi connectivity index (χ2v) is 4.45. The molecule has 0 radical (unpaired) electrons. The molecule has 0 aliphatic heterocycles. The van der Waals surface area contributed by atoms with Crippen LogP contribution in [-0.2, 0) is 0 Å². The van der Waals surface area contributed by atoms with E-state index in [0.717, 1.165) is 6.42 Å². The summed E-state index contributed by atoms with van der Waals surface area (Å²) in [5, 5.41) is 9.64. The molecule has 1 rings (SSSR count). The lowest BCUT2D eigenvalue weighted by atomic mass is 9.69. The highest BCUT2D eigenvalue weighted by atomic mass is 16.3. The van der Waals surface area contributed by atoms with Crippen LogP contribution in [0.15, 0.2) is 0 Å². The van der Waals surface area contributed by atoms with Gasteiger partial charge in [-0.3, -0.25) is 0 Å². The SMILES string of the molecule is CC[C@]1(C)CC[C@@H](C)[C@@H](O)C1. The zero-order valence-corrected chi connectivity index (χ0v) is 7.93. The lowest BCUT2D eigenvalue weighted by molar-refractivity contribution is 0.0137. The Balaban J connectivity index is 2.51. The molecule has 0 aromatic rings. The van der Waals surface area contributed by atoms with Crippen molar-refractivity contribution in [1.29, 1.82) is 0 Å². The minimum atomic E-state index is -0.0475. The number of rotatable bonds is 1. The van der Waals surface area contributed by atoms with E-state index >= 15 is 0 Å². The average Bonchev–Trinajstić information content (AvgIpc) is 1.98. The molecular formula is C10H20O. The van der Waals surface area contributed by atoms with Crippen molar-refractivity contribution < 1.29 is 5.11 Å². The van der Waals surface area contributed by atoms with Gasteiger partial charge in [-0.1, -0.05) is 27.2 Å². The van der Waals surface area contributed by atoms with E-state index < -0.39 is 0 Å². The number of hydrogen-bond donors (Lipinski definition) is 1. The Kier molecular flexibility index (Phi) is 2.58. The molecule has 1 aliphatic carbocycles. The van der Waals surface area contributed by atoms with Crippen molar-refractivity contribution in [1.82, 2.24) is 0 Å². The lowest BCUT2D eigenvalue weighted by Gasteiger charge is -2.38. The zero-order chi connectivity index (χ0) is 8.48. The summed E-state index contributed by atoms with van der Waals surface area (Å²) in [7, 11) is 0. The molecule has 3 atom stereocenters. The molecule has 0 aromatic carbocycles. The van der Waals surface area contributed by atoms with Crippen LogP contribution in [-0.4, -0.2) is 11.2 Å². The minimum Gasteiger partial charge on any atom is -0.393 e. The Labute approximate surface area is 69.8 Å². The van der Waals surface area contributed by atoms with Crippen LogP contribution < -0.4 is 0 Å². The maximum absolute atomic E-state index is 9.64. The van der Waals surface area contributed by atoms with E-state index in [2.05, 4.69) is 20.8 Å². The van der Waals surface area contributed by atoms with Gasteiger partial charge >= 0.3 is 0 Å². The van der Waals surface area contributed by atoms with E-state index in [9.17, 15) is 5.11 Å². The molecule has 0 heterocycles. The lowest BCUT2D eigenvalue weighted by Crippen LogP contribution is -2.33. The number of aliphatic hydroxyl groups is 1. The standard InChI is InChI=1S/C10H20O/c1-4-10(3)6-5-8(2)9(11)7-10/h8-9,11H,4-7H2,1-3H3/t8-,9+,10-/m1/s1. The third kappa shape index (κ3) is 1.96. The van der Waals surface area contributed by atoms with Gasteiger partial charge in [0.2, 0.25) is 0 Å². The first kappa shape index (κ1) is 9.05. The van der Waals surface area contributed by atoms with Gasteiger partial charge in [0.15, 0.2) is 0 Å². The summed E-state index contributed by atoms with van der Waals surface area (Å²) < 4.78 is 0. The highest BCUT2D eigenvalue weighted by Gasteiger charge is 2.33. The Bertz CT molecular complexity index is 133. The summed E-state index contributed by atoms with van der Waals surface area (Å²) >= 11 is 0. The van der Waals surface area contributed by atoms with Crippen LogP contribution in [0.3, 0.4) is 0 Å². The molecule has 1 fully saturated rings. The van der Waals surface area contributed by atoms with E-state index in [1.54, 1.807) is 0 Å². The Morgan fingerprint density at radius 2 is 2.18 bits per heavy atom. The number of aliphatic hydroxyl groups excluding tert-OH is 1. The Hall–Kier alpha value is -0.0400. The average molecular weight is 156 g/mol. The molecule has 0 bridgehead atoms. The van der Waals surface area contributed by atoms with E-state index in [1.807, 2.05) is 0 Å². The summed E-state index contributed by atoms with van der Waals surface area (Å²) in [5.74, 6) is 0.523. The normalized spacial score (nSPS) is 45.8. The molecule has 1 heteroatoms. The fourth-order valence-electron chi connectivity index (χ4n) is 1.90. The first-order chi connectivity index (χ1) is 5.07. The summed E-state index contributed by atoms with van der Waals surface area (Å²) in [6.07, 6.45) is 4.66. The van der Waals surface area contributed by atoms with Gasteiger partial charge in [-0.05, 0) is 30.6 Å². The molecule has 0 saturated heterocycles. The van der Waals surface area contributed by atoms with Crippen LogP contribution in [0.4, 0.5) is 0 Å². The molecule has 66 valence electrons. The van der Waals surface area contributed by atoms with E-state index in [1.165, 1.54) is 19.3 Å². The largest absolute Gasteiger partial charge is 0.393 e. The van der Waals surface area contributed by atoms with Crippen molar-refractivity contribution in [3.8, 4) is 0 Å². The second-order valence-electron chi connectivity index (χ2n) is 4.45. The molecule has 0 aromatic heterocycles. The van der Waals surface area contributed by atoms with E-state index in [-0.39, 0.29) is 6.10 Å². The van der Waals surface area contributed by atoms with Crippen molar-refractivity contribution in [2.45, 2.75) is 52.6 Å². The maximum atomic E-state index is 9.64. The summed E-state index contributed by atoms with van der Waals surface area (Å²) in [5.41, 5.74) is 0.423. The minimum absolute atomic E-state index is 0.0475. The van der Waals surface area contributed by atoms with Crippen LogP contribution in [0.2, 0.25) is 0 Å². The maximum Gasteiger partial charge on any atom is 0.0571 e. The van der Waals surface area contributed by atoms with Gasteiger partial charge in [0.1, 0.15) is 0 Å². The zero-order valence-electron chi connectivity index (χ0n) is 7.93. The van der Waals surface area contributed by atoms with Gasteiger partial charge in [0.05, 0.1) is 6.10 Å². The summed E-state index contributed by atoms with van der Waals surface area (Å²) in [4.78, 5) is 0. The van der Waals surface area contributed by atoms with Crippen LogP contribution >= 0.6 is 0 Å². The molecule has 0 unspecified atom stereocenters. The van der Waals surface area contributed by atoms with Crippen molar-refractivity contribution >= 4 is 0 Å². The van der Waals surface area contributed by atoms with Gasteiger partial charge < -0.3 is 5.11 Å². The first-order valence-corrected chi connectivity index (χ1v) is 4.75. The molecule has 1 nitrogen and oxygen atoms in total. The molecule has 11 heavy (non-hydrogen) atoms. The van der Waals surface area contributed by atoms with Crippen LogP contribution in [0.1, 0.15) is 46.5 Å². The van der Waals surface area contributed by atoms with E-state index in [4.69, 9.17) is 0 Å². The predicted molar refractivity (Wildman–Crippen MR) is 47.4 cm³/mol. The second kappa shape index (κ2) is 3.14. The first-order valence-electron chi connectivity index (χ1n) is 4.75. The van der Waals surface area contributed by atoms with Gasteiger partial charge in [-0.2, -0.15) is 0 Å². The summed E-state index contributed by atoms with van der Waals surface area (Å²) in [6.45, 7) is 6.67.